The monoisotopic (exact) mass is 268 g/mol. The summed E-state index contributed by atoms with van der Waals surface area (Å²) in [4.78, 5) is 13.7. The summed E-state index contributed by atoms with van der Waals surface area (Å²) in [6.45, 7) is -2.12. The highest BCUT2D eigenvalue weighted by molar-refractivity contribution is 5.95. The molecule has 0 spiro atoms. The van der Waals surface area contributed by atoms with E-state index >= 15 is 0 Å². The number of nitrogens with two attached hydrogens (primary N) is 1. The van der Waals surface area contributed by atoms with Gasteiger partial charge in [0.05, 0.1) is 0 Å². The van der Waals surface area contributed by atoms with Gasteiger partial charge >= 0.3 is 0 Å². The van der Waals surface area contributed by atoms with Gasteiger partial charge in [0.25, 0.3) is 0 Å². The topological polar surface area (TPSA) is 46.3 Å². The third-order valence-electron chi connectivity index (χ3n) is 4.49. The molecule has 3 heteroatoms. The second kappa shape index (κ2) is 4.97. The van der Waals surface area contributed by atoms with Crippen molar-refractivity contribution < 1.29 is 11.6 Å². The summed E-state index contributed by atoms with van der Waals surface area (Å²) in [5.41, 5.74) is 8.19. The Kier molecular flexibility index (Phi) is 2.11. The van der Waals surface area contributed by atoms with Crippen LogP contribution in [0.25, 0.3) is 0 Å². The van der Waals surface area contributed by atoms with Crippen LogP contribution in [0, 0.1) is 0 Å². The fourth-order valence-corrected chi connectivity index (χ4v) is 3.72. The Bertz CT molecular complexity index is 658. The number of hydrogen-bond acceptors (Lipinski definition) is 2. The van der Waals surface area contributed by atoms with Crippen molar-refractivity contribution in [3.05, 3.63) is 34.9 Å². The predicted octanol–water partition coefficient (Wildman–Crippen LogP) is 2.30. The van der Waals surface area contributed by atoms with E-state index < -0.39 is 19.1 Å². The summed E-state index contributed by atoms with van der Waals surface area (Å²) in [7, 11) is 0. The Balaban J connectivity index is 1.88. The summed E-state index contributed by atoms with van der Waals surface area (Å²) in [5, 5.41) is 0. The normalized spacial score (nSPS) is 31.3. The third kappa shape index (κ3) is 2.06. The van der Waals surface area contributed by atoms with Crippen molar-refractivity contribution in [2.24, 2.45) is 5.73 Å². The van der Waals surface area contributed by atoms with E-state index in [1.54, 1.807) is 6.07 Å². The molecule has 0 aromatic heterocycles. The summed E-state index contributed by atoms with van der Waals surface area (Å²) >= 11 is 0. The first-order chi connectivity index (χ1) is 11.1. The van der Waals surface area contributed by atoms with Crippen LogP contribution < -0.4 is 5.73 Å². The first-order valence-corrected chi connectivity index (χ1v) is 6.77. The molecular weight excluding hydrogens is 236 g/mol. The summed E-state index contributed by atoms with van der Waals surface area (Å²) < 4.78 is 38.0. The lowest BCUT2D eigenvalue weighted by Crippen LogP contribution is -2.36. The quantitative estimate of drug-likeness (QED) is 0.914. The van der Waals surface area contributed by atoms with Crippen LogP contribution in [0.5, 0.6) is 0 Å². The molecule has 1 aliphatic heterocycles. The fourth-order valence-electron chi connectivity index (χ4n) is 3.72. The molecule has 1 aromatic rings. The molecule has 1 aliphatic carbocycles. The standard InChI is InChI=1S/C16H22N2O/c1-2-9-18-10-8-12-14(18)7-6-11-4-3-5-13(15(11)12)16(17)19/h3-5,12,14H,2,6-10H2,1H3,(H2,17,19)/t12-,14-/m1/s1/i1T3,2T2. The maximum Gasteiger partial charge on any atom is 0.248 e. The molecule has 1 amide bonds. The van der Waals surface area contributed by atoms with Gasteiger partial charge in [-0.1, -0.05) is 19.0 Å². The zero-order valence-corrected chi connectivity index (χ0v) is 10.9. The van der Waals surface area contributed by atoms with Gasteiger partial charge in [-0.05, 0) is 55.9 Å². The molecule has 3 nitrogen and oxygen atoms in total. The Morgan fingerprint density at radius 3 is 3.26 bits per heavy atom. The van der Waals surface area contributed by atoms with Crippen molar-refractivity contribution in [2.45, 2.75) is 44.4 Å². The Morgan fingerprint density at radius 2 is 2.47 bits per heavy atom. The number of benzene rings is 1. The highest BCUT2D eigenvalue weighted by atomic mass is 16.1. The average Bonchev–Trinajstić information content (AvgIpc) is 2.88. The summed E-state index contributed by atoms with van der Waals surface area (Å²) in [5.74, 6) is -0.325. The van der Waals surface area contributed by atoms with Crippen LogP contribution in [0.4, 0.5) is 0 Å². The highest BCUT2D eigenvalue weighted by Crippen LogP contribution is 2.42. The van der Waals surface area contributed by atoms with E-state index in [1.165, 1.54) is 0 Å². The molecule has 0 unspecified atom stereocenters. The molecule has 2 aliphatic rings. The number of fused-ring (bicyclic) bond motifs is 3. The SMILES string of the molecule is [3H]C([3H])([3H])C([3H])([3H])CN1CC[C@H]2c3c(cccc3C(N)=O)CC[C@H]21. The molecule has 2 N–H and O–H groups in total. The molecular formula is C16H22N2O. The van der Waals surface area contributed by atoms with E-state index in [1.807, 2.05) is 17.0 Å². The van der Waals surface area contributed by atoms with Gasteiger partial charge in [-0.2, -0.15) is 0 Å². The van der Waals surface area contributed by atoms with Crippen LogP contribution >= 0.6 is 0 Å². The first kappa shape index (κ1) is 8.05. The van der Waals surface area contributed by atoms with Gasteiger partial charge in [0.1, 0.15) is 0 Å². The van der Waals surface area contributed by atoms with E-state index in [0.717, 1.165) is 30.4 Å². The van der Waals surface area contributed by atoms with Gasteiger partial charge in [0.15, 0.2) is 0 Å². The maximum atomic E-state index is 11.8. The summed E-state index contributed by atoms with van der Waals surface area (Å²) in [6.07, 6.45) is 0.187. The van der Waals surface area contributed by atoms with Crippen LogP contribution in [0.1, 0.15) is 60.3 Å². The average molecular weight is 268 g/mol. The highest BCUT2D eigenvalue weighted by Gasteiger charge is 2.39. The van der Waals surface area contributed by atoms with Crippen LogP contribution in [0.15, 0.2) is 18.2 Å². The molecule has 1 aromatic carbocycles. The van der Waals surface area contributed by atoms with Crippen LogP contribution in [-0.2, 0) is 6.42 Å². The molecule has 0 bridgehead atoms. The van der Waals surface area contributed by atoms with E-state index in [2.05, 4.69) is 0 Å². The largest absolute Gasteiger partial charge is 0.366 e. The number of carbonyl (C=O) groups is 1. The minimum absolute atomic E-state index is 0.0652. The van der Waals surface area contributed by atoms with Gasteiger partial charge in [0.2, 0.25) is 5.91 Å². The molecule has 0 saturated carbocycles. The lowest BCUT2D eigenvalue weighted by molar-refractivity contribution is 0.0998. The van der Waals surface area contributed by atoms with Crippen molar-refractivity contribution in [3.63, 3.8) is 0 Å². The first-order valence-electron chi connectivity index (χ1n) is 9.27. The lowest BCUT2D eigenvalue weighted by Gasteiger charge is -2.34. The molecule has 1 saturated heterocycles. The fraction of sp³-hybridized carbons (Fsp3) is 0.562. The van der Waals surface area contributed by atoms with Gasteiger partial charge in [-0.15, -0.1) is 0 Å². The summed E-state index contributed by atoms with van der Waals surface area (Å²) in [6, 6.07) is 5.67. The van der Waals surface area contributed by atoms with Gasteiger partial charge in [0, 0.05) is 24.4 Å². The number of hydrogen-bond donors (Lipinski definition) is 1. The Labute approximate surface area is 121 Å². The number of aryl methyl sites for hydroxylation is 1. The predicted molar refractivity (Wildman–Crippen MR) is 76.3 cm³/mol. The van der Waals surface area contributed by atoms with E-state index in [-0.39, 0.29) is 18.5 Å². The third-order valence-corrected chi connectivity index (χ3v) is 4.49. The smallest absolute Gasteiger partial charge is 0.248 e. The van der Waals surface area contributed by atoms with Crippen molar-refractivity contribution in [2.75, 3.05) is 13.1 Å². The van der Waals surface area contributed by atoms with Crippen molar-refractivity contribution in [1.82, 2.24) is 4.90 Å². The van der Waals surface area contributed by atoms with E-state index in [0.29, 0.717) is 12.1 Å². The molecule has 0 radical (unpaired) electrons. The number of amides is 1. The zero-order valence-electron chi connectivity index (χ0n) is 15.9. The van der Waals surface area contributed by atoms with Crippen LogP contribution in [-0.4, -0.2) is 29.9 Å². The molecule has 2 atom stereocenters. The molecule has 1 heterocycles. The number of carbonyl (C=O) groups excluding carboxylic acids is 1. The second-order valence-electron chi connectivity index (χ2n) is 5.39. The van der Waals surface area contributed by atoms with Crippen molar-refractivity contribution in [3.8, 4) is 0 Å². The van der Waals surface area contributed by atoms with Crippen molar-refractivity contribution >= 4 is 5.91 Å². The molecule has 19 heavy (non-hydrogen) atoms. The van der Waals surface area contributed by atoms with E-state index in [9.17, 15) is 4.79 Å². The van der Waals surface area contributed by atoms with Crippen LogP contribution in [0.2, 0.25) is 0 Å². The van der Waals surface area contributed by atoms with Gasteiger partial charge < -0.3 is 5.73 Å². The van der Waals surface area contributed by atoms with E-state index in [4.69, 9.17) is 12.6 Å². The Hall–Kier alpha value is -1.35. The number of rotatable bonds is 3. The minimum Gasteiger partial charge on any atom is -0.366 e. The molecule has 1 fully saturated rings. The Morgan fingerprint density at radius 1 is 1.58 bits per heavy atom. The maximum absolute atomic E-state index is 11.8. The van der Waals surface area contributed by atoms with Crippen LogP contribution in [0.3, 0.4) is 0 Å². The molecule has 3 rings (SSSR count). The number of primary amides is 1. The number of likely N-dealkylation sites (tertiary alicyclic amines) is 1. The minimum atomic E-state index is -2.64. The number of nitrogens with zero attached hydrogens (tertiary/aromatic N) is 1. The molecule has 102 valence electrons. The van der Waals surface area contributed by atoms with Crippen molar-refractivity contribution in [1.29, 1.82) is 0 Å². The second-order valence-corrected chi connectivity index (χ2v) is 5.39. The lowest BCUT2D eigenvalue weighted by atomic mass is 9.77. The van der Waals surface area contributed by atoms with Gasteiger partial charge in [-0.25, -0.2) is 0 Å². The zero-order chi connectivity index (χ0) is 17.7. The van der Waals surface area contributed by atoms with Gasteiger partial charge in [-0.3, -0.25) is 9.69 Å².